The van der Waals surface area contributed by atoms with Gasteiger partial charge < -0.3 is 10.2 Å². The summed E-state index contributed by atoms with van der Waals surface area (Å²) in [5, 5.41) is 7.89. The minimum Gasteiger partial charge on any atom is -0.338 e. The number of hydrogen-bond donors (Lipinski definition) is 1. The van der Waals surface area contributed by atoms with Crippen LogP contribution in [0.15, 0.2) is 30.6 Å². The summed E-state index contributed by atoms with van der Waals surface area (Å²) in [5.74, 6) is 0.0856. The summed E-state index contributed by atoms with van der Waals surface area (Å²) < 4.78 is 1.76. The maximum atomic E-state index is 12.8. The quantitative estimate of drug-likeness (QED) is 0.913. The van der Waals surface area contributed by atoms with Gasteiger partial charge in [-0.3, -0.25) is 4.79 Å². The third-order valence-electron chi connectivity index (χ3n) is 4.97. The molecule has 0 saturated carbocycles. The number of piperidine rings is 1. The predicted molar refractivity (Wildman–Crippen MR) is 80.3 cm³/mol. The predicted octanol–water partition coefficient (Wildman–Crippen LogP) is 1.69. The first-order valence-electron chi connectivity index (χ1n) is 7.68. The lowest BCUT2D eigenvalue weighted by atomic mass is 9.98. The highest BCUT2D eigenvalue weighted by Crippen LogP contribution is 2.30. The van der Waals surface area contributed by atoms with Crippen molar-refractivity contribution in [2.45, 2.75) is 43.8 Å². The summed E-state index contributed by atoms with van der Waals surface area (Å²) in [7, 11) is 1.93. The number of nitrogens with zero attached hydrogens (tertiary/aromatic N) is 3. The molecule has 0 radical (unpaired) electrons. The van der Waals surface area contributed by atoms with Gasteiger partial charge in [0, 0.05) is 31.4 Å². The second-order valence-electron chi connectivity index (χ2n) is 6.27. The summed E-state index contributed by atoms with van der Waals surface area (Å²) in [6.45, 7) is 0. The normalized spacial score (nSPS) is 28.0. The van der Waals surface area contributed by atoms with Crippen LogP contribution in [0.25, 0.3) is 5.52 Å². The molecule has 110 valence electrons. The fourth-order valence-electron chi connectivity index (χ4n) is 3.80. The highest BCUT2D eigenvalue weighted by atomic mass is 16.2. The summed E-state index contributed by atoms with van der Waals surface area (Å²) >= 11 is 0. The van der Waals surface area contributed by atoms with Gasteiger partial charge in [-0.1, -0.05) is 6.07 Å². The molecule has 1 N–H and O–H groups in total. The molecule has 0 aliphatic carbocycles. The molecule has 2 fully saturated rings. The molecule has 2 aromatic heterocycles. The number of hydrogen-bond acceptors (Lipinski definition) is 3. The Morgan fingerprint density at radius 2 is 2.10 bits per heavy atom. The van der Waals surface area contributed by atoms with Crippen molar-refractivity contribution in [2.75, 3.05) is 7.05 Å². The van der Waals surface area contributed by atoms with Crippen LogP contribution in [0.5, 0.6) is 0 Å². The Morgan fingerprint density at radius 1 is 1.33 bits per heavy atom. The zero-order valence-corrected chi connectivity index (χ0v) is 12.2. The van der Waals surface area contributed by atoms with Crippen molar-refractivity contribution in [1.82, 2.24) is 19.8 Å². The number of rotatable bonds is 2. The Balaban J connectivity index is 1.59. The Labute approximate surface area is 123 Å². The molecule has 2 saturated heterocycles. The maximum absolute atomic E-state index is 12.8. The van der Waals surface area contributed by atoms with E-state index >= 15 is 0 Å². The molecule has 4 heterocycles. The van der Waals surface area contributed by atoms with Gasteiger partial charge in [-0.2, -0.15) is 5.10 Å². The van der Waals surface area contributed by atoms with E-state index in [2.05, 4.69) is 10.4 Å². The zero-order chi connectivity index (χ0) is 14.4. The van der Waals surface area contributed by atoms with Crippen molar-refractivity contribution in [3.63, 3.8) is 0 Å². The molecule has 0 aromatic carbocycles. The molecule has 2 aliphatic rings. The molecule has 2 atom stereocenters. The van der Waals surface area contributed by atoms with E-state index < -0.39 is 0 Å². The van der Waals surface area contributed by atoms with E-state index in [-0.39, 0.29) is 5.91 Å². The van der Waals surface area contributed by atoms with Crippen LogP contribution in [0.4, 0.5) is 0 Å². The second kappa shape index (κ2) is 4.84. The average Bonchev–Trinajstić information content (AvgIpc) is 3.09. The van der Waals surface area contributed by atoms with Crippen molar-refractivity contribution in [1.29, 1.82) is 0 Å². The van der Waals surface area contributed by atoms with Crippen LogP contribution in [-0.2, 0) is 0 Å². The molecule has 21 heavy (non-hydrogen) atoms. The number of pyridine rings is 1. The number of aromatic nitrogens is 2. The molecule has 1 amide bonds. The van der Waals surface area contributed by atoms with Crippen molar-refractivity contribution >= 4 is 11.4 Å². The molecule has 2 unspecified atom stereocenters. The summed E-state index contributed by atoms with van der Waals surface area (Å²) in [6, 6.07) is 7.33. The molecule has 5 nitrogen and oxygen atoms in total. The molecular weight excluding hydrogens is 264 g/mol. The van der Waals surface area contributed by atoms with Crippen LogP contribution in [0.3, 0.4) is 0 Å². The second-order valence-corrected chi connectivity index (χ2v) is 6.27. The molecule has 2 bridgehead atoms. The lowest BCUT2D eigenvalue weighted by Crippen LogP contribution is -2.48. The number of fused-ring (bicyclic) bond motifs is 3. The average molecular weight is 284 g/mol. The third kappa shape index (κ3) is 2.12. The number of nitrogens with one attached hydrogen (secondary N) is 1. The van der Waals surface area contributed by atoms with Gasteiger partial charge in [0.15, 0.2) is 0 Å². The Morgan fingerprint density at radius 3 is 2.86 bits per heavy atom. The van der Waals surface area contributed by atoms with E-state index in [4.69, 9.17) is 0 Å². The molecule has 5 heteroatoms. The molecule has 2 aromatic rings. The Bertz CT molecular complexity index is 668. The Kier molecular flexibility index (Phi) is 2.96. The molecule has 0 spiro atoms. The van der Waals surface area contributed by atoms with E-state index in [1.807, 2.05) is 36.3 Å². The third-order valence-corrected chi connectivity index (χ3v) is 4.97. The Hall–Kier alpha value is -1.88. The van der Waals surface area contributed by atoms with Crippen LogP contribution in [0.2, 0.25) is 0 Å². The molecule has 2 aliphatic heterocycles. The monoisotopic (exact) mass is 284 g/mol. The van der Waals surface area contributed by atoms with Gasteiger partial charge in [0.05, 0.1) is 17.3 Å². The minimum absolute atomic E-state index is 0.0856. The van der Waals surface area contributed by atoms with Crippen molar-refractivity contribution in [2.24, 2.45) is 0 Å². The number of carbonyl (C=O) groups is 1. The smallest absolute Gasteiger partial charge is 0.257 e. The summed E-state index contributed by atoms with van der Waals surface area (Å²) in [6.07, 6.45) is 8.19. The highest BCUT2D eigenvalue weighted by Gasteiger charge is 2.36. The van der Waals surface area contributed by atoms with Gasteiger partial charge >= 0.3 is 0 Å². The van der Waals surface area contributed by atoms with Gasteiger partial charge in [0.25, 0.3) is 5.91 Å². The van der Waals surface area contributed by atoms with E-state index in [0.29, 0.717) is 23.7 Å². The molecule has 4 rings (SSSR count). The first-order valence-corrected chi connectivity index (χ1v) is 7.68. The van der Waals surface area contributed by atoms with Gasteiger partial charge in [-0.15, -0.1) is 0 Å². The van der Waals surface area contributed by atoms with Crippen LogP contribution < -0.4 is 5.32 Å². The summed E-state index contributed by atoms with van der Waals surface area (Å²) in [4.78, 5) is 14.7. The van der Waals surface area contributed by atoms with Crippen LogP contribution in [-0.4, -0.2) is 45.6 Å². The van der Waals surface area contributed by atoms with Gasteiger partial charge in [0.2, 0.25) is 0 Å². The largest absolute Gasteiger partial charge is 0.338 e. The number of carbonyl (C=O) groups excluding carboxylic acids is 1. The van der Waals surface area contributed by atoms with Gasteiger partial charge in [-0.25, -0.2) is 4.52 Å². The highest BCUT2D eigenvalue weighted by molar-refractivity contribution is 6.00. The van der Waals surface area contributed by atoms with Gasteiger partial charge in [-0.05, 0) is 37.8 Å². The van der Waals surface area contributed by atoms with Gasteiger partial charge in [0.1, 0.15) is 0 Å². The molecular formula is C16H20N4O. The fourth-order valence-corrected chi connectivity index (χ4v) is 3.80. The van der Waals surface area contributed by atoms with Crippen molar-refractivity contribution in [3.8, 4) is 0 Å². The number of amides is 1. The van der Waals surface area contributed by atoms with E-state index in [1.54, 1.807) is 10.7 Å². The standard InChI is InChI=1S/C16H20N4O/c1-19(13-8-11-5-6-12(9-13)18-11)16(21)14-10-17-20-7-3-2-4-15(14)20/h2-4,7,10-13,18H,5-6,8-9H2,1H3. The van der Waals surface area contributed by atoms with E-state index in [0.717, 1.165) is 18.4 Å². The first kappa shape index (κ1) is 12.8. The topological polar surface area (TPSA) is 49.6 Å². The van der Waals surface area contributed by atoms with Crippen molar-refractivity contribution < 1.29 is 4.79 Å². The lowest BCUT2D eigenvalue weighted by Gasteiger charge is -2.35. The maximum Gasteiger partial charge on any atom is 0.257 e. The summed E-state index contributed by atoms with van der Waals surface area (Å²) in [5.41, 5.74) is 1.58. The van der Waals surface area contributed by atoms with Crippen LogP contribution >= 0.6 is 0 Å². The fraction of sp³-hybridized carbons (Fsp3) is 0.500. The minimum atomic E-state index is 0.0856. The zero-order valence-electron chi connectivity index (χ0n) is 12.2. The van der Waals surface area contributed by atoms with E-state index in [1.165, 1.54) is 12.8 Å². The van der Waals surface area contributed by atoms with Crippen LogP contribution in [0, 0.1) is 0 Å². The lowest BCUT2D eigenvalue weighted by molar-refractivity contribution is 0.0683. The first-order chi connectivity index (χ1) is 10.2. The van der Waals surface area contributed by atoms with Crippen molar-refractivity contribution in [3.05, 3.63) is 36.2 Å². The van der Waals surface area contributed by atoms with Crippen LogP contribution in [0.1, 0.15) is 36.0 Å². The van der Waals surface area contributed by atoms with E-state index in [9.17, 15) is 4.79 Å². The SMILES string of the molecule is CN(C(=O)c1cnn2ccccc12)C1CC2CCC(C1)N2.